The molecular weight excluding hydrogens is 536 g/mol. The number of anilines is 2. The van der Waals surface area contributed by atoms with Gasteiger partial charge < -0.3 is 15.4 Å². The number of carbonyl (C=O) groups is 2. The van der Waals surface area contributed by atoms with Gasteiger partial charge in [0, 0.05) is 23.4 Å². The Balaban J connectivity index is 1.65. The fourth-order valence-electron chi connectivity index (χ4n) is 3.84. The number of benzene rings is 2. The lowest BCUT2D eigenvalue weighted by Gasteiger charge is -2.37. The quantitative estimate of drug-likeness (QED) is 0.438. The summed E-state index contributed by atoms with van der Waals surface area (Å²) in [5.41, 5.74) is 1.60. The van der Waals surface area contributed by atoms with Crippen LogP contribution in [0.2, 0.25) is 0 Å². The monoisotopic (exact) mass is 558 g/mol. The normalized spacial score (nSPS) is 15.2. The highest BCUT2D eigenvalue weighted by molar-refractivity contribution is 9.10. The van der Waals surface area contributed by atoms with Crippen molar-refractivity contribution < 1.29 is 22.7 Å². The Bertz CT molecular complexity index is 1350. The van der Waals surface area contributed by atoms with Gasteiger partial charge in [-0.3, -0.25) is 18.9 Å². The summed E-state index contributed by atoms with van der Waals surface area (Å²) in [6, 6.07) is 13.5. The van der Waals surface area contributed by atoms with Crippen molar-refractivity contribution in [2.45, 2.75) is 23.8 Å². The van der Waals surface area contributed by atoms with Crippen LogP contribution in [0.1, 0.15) is 12.0 Å². The first-order chi connectivity index (χ1) is 16.8. The number of ether oxygens (including phenoxy) is 1. The zero-order valence-corrected chi connectivity index (χ0v) is 21.2. The predicted octanol–water partition coefficient (Wildman–Crippen LogP) is 3.12. The van der Waals surface area contributed by atoms with E-state index in [-0.39, 0.29) is 22.8 Å². The SMILES string of the molecule is COc1ccc(Br)cc1S(=O)(=O)N1c2ccccc2NC(=O)C1CC(=O)NCCc1ccncc1. The molecule has 2 amide bonds. The molecule has 0 aliphatic carbocycles. The minimum atomic E-state index is -4.30. The Morgan fingerprint density at radius 2 is 1.91 bits per heavy atom. The first kappa shape index (κ1) is 24.7. The molecule has 2 heterocycles. The van der Waals surface area contributed by atoms with Gasteiger partial charge in [0.15, 0.2) is 0 Å². The molecule has 11 heteroatoms. The molecule has 0 saturated heterocycles. The number of pyridine rings is 1. The number of methoxy groups -OCH3 is 1. The van der Waals surface area contributed by atoms with Gasteiger partial charge in [0.1, 0.15) is 16.7 Å². The van der Waals surface area contributed by atoms with Crippen LogP contribution in [0.15, 0.2) is 76.4 Å². The first-order valence-electron chi connectivity index (χ1n) is 10.7. The Hall–Kier alpha value is -3.44. The predicted molar refractivity (Wildman–Crippen MR) is 135 cm³/mol. The maximum atomic E-state index is 13.9. The molecule has 1 aliphatic heterocycles. The van der Waals surface area contributed by atoms with Crippen LogP contribution in [0.25, 0.3) is 0 Å². The standard InChI is InChI=1S/C24H23BrN4O5S/c1-34-21-7-6-17(25)14-22(21)35(32,33)29-19-5-3-2-4-18(19)28-24(31)20(29)15-23(30)27-13-10-16-8-11-26-12-9-16/h2-9,11-12,14,20H,10,13,15H2,1H3,(H,27,30)(H,28,31). The lowest BCUT2D eigenvalue weighted by Crippen LogP contribution is -2.52. The van der Waals surface area contributed by atoms with Crippen LogP contribution >= 0.6 is 15.9 Å². The summed E-state index contributed by atoms with van der Waals surface area (Å²) >= 11 is 3.30. The molecule has 3 aromatic rings. The third kappa shape index (κ3) is 5.30. The van der Waals surface area contributed by atoms with Gasteiger partial charge in [-0.15, -0.1) is 0 Å². The number of sulfonamides is 1. The number of aromatic nitrogens is 1. The molecule has 0 saturated carbocycles. The van der Waals surface area contributed by atoms with E-state index >= 15 is 0 Å². The fraction of sp³-hybridized carbons (Fsp3) is 0.208. The van der Waals surface area contributed by atoms with Crippen molar-refractivity contribution in [2.75, 3.05) is 23.3 Å². The zero-order valence-electron chi connectivity index (χ0n) is 18.8. The Kier molecular flexibility index (Phi) is 7.37. The molecule has 0 bridgehead atoms. The number of amides is 2. The van der Waals surface area contributed by atoms with Crippen molar-refractivity contribution in [1.82, 2.24) is 10.3 Å². The highest BCUT2D eigenvalue weighted by Crippen LogP contribution is 2.39. The lowest BCUT2D eigenvalue weighted by atomic mass is 10.1. The smallest absolute Gasteiger partial charge is 0.268 e. The molecule has 2 N–H and O–H groups in total. The second-order valence-electron chi connectivity index (χ2n) is 7.78. The van der Waals surface area contributed by atoms with Crippen LogP contribution < -0.4 is 19.7 Å². The van der Waals surface area contributed by atoms with Crippen molar-refractivity contribution >= 4 is 49.1 Å². The minimum Gasteiger partial charge on any atom is -0.495 e. The molecule has 9 nitrogen and oxygen atoms in total. The highest BCUT2D eigenvalue weighted by atomic mass is 79.9. The van der Waals surface area contributed by atoms with Crippen molar-refractivity contribution in [2.24, 2.45) is 0 Å². The molecule has 1 aromatic heterocycles. The number of hydrogen-bond donors (Lipinski definition) is 2. The van der Waals surface area contributed by atoms with Crippen molar-refractivity contribution in [3.63, 3.8) is 0 Å². The number of carbonyl (C=O) groups excluding carboxylic acids is 2. The van der Waals surface area contributed by atoms with E-state index in [0.717, 1.165) is 9.87 Å². The van der Waals surface area contributed by atoms with Crippen LogP contribution in [0, 0.1) is 0 Å². The average Bonchev–Trinajstić information content (AvgIpc) is 2.85. The third-order valence-corrected chi connectivity index (χ3v) is 7.85. The summed E-state index contributed by atoms with van der Waals surface area (Å²) in [6.07, 6.45) is 3.55. The molecular formula is C24H23BrN4O5S. The van der Waals surface area contributed by atoms with Gasteiger partial charge in [-0.1, -0.05) is 28.1 Å². The second kappa shape index (κ2) is 10.4. The topological polar surface area (TPSA) is 118 Å². The van der Waals surface area contributed by atoms with Crippen LogP contribution in [-0.4, -0.2) is 44.9 Å². The van der Waals surface area contributed by atoms with E-state index in [1.165, 1.54) is 19.2 Å². The van der Waals surface area contributed by atoms with Gasteiger partial charge in [0.25, 0.3) is 10.0 Å². The molecule has 2 aromatic carbocycles. The van der Waals surface area contributed by atoms with Gasteiger partial charge in [0.05, 0.1) is 24.9 Å². The maximum absolute atomic E-state index is 13.9. The van der Waals surface area contributed by atoms with Crippen LogP contribution in [-0.2, 0) is 26.0 Å². The minimum absolute atomic E-state index is 0.122. The highest BCUT2D eigenvalue weighted by Gasteiger charge is 2.43. The number of nitrogens with one attached hydrogen (secondary N) is 2. The molecule has 182 valence electrons. The van der Waals surface area contributed by atoms with E-state index in [2.05, 4.69) is 31.5 Å². The van der Waals surface area contributed by atoms with Crippen LogP contribution in [0.3, 0.4) is 0 Å². The number of fused-ring (bicyclic) bond motifs is 1. The van der Waals surface area contributed by atoms with Crippen molar-refractivity contribution in [3.8, 4) is 5.75 Å². The molecule has 4 rings (SSSR count). The van der Waals surface area contributed by atoms with Crippen LogP contribution in [0.5, 0.6) is 5.75 Å². The van der Waals surface area contributed by atoms with Crippen LogP contribution in [0.4, 0.5) is 11.4 Å². The summed E-state index contributed by atoms with van der Waals surface area (Å²) in [5.74, 6) is -0.914. The van der Waals surface area contributed by atoms with E-state index in [0.29, 0.717) is 23.1 Å². The van der Waals surface area contributed by atoms with E-state index in [9.17, 15) is 18.0 Å². The Morgan fingerprint density at radius 3 is 2.66 bits per heavy atom. The molecule has 0 spiro atoms. The van der Waals surface area contributed by atoms with Crippen molar-refractivity contribution in [3.05, 3.63) is 77.0 Å². The summed E-state index contributed by atoms with van der Waals surface area (Å²) in [5, 5.41) is 5.49. The molecule has 1 atom stereocenters. The first-order valence-corrected chi connectivity index (χ1v) is 13.0. The summed E-state index contributed by atoms with van der Waals surface area (Å²) < 4.78 is 34.7. The van der Waals surface area contributed by atoms with Gasteiger partial charge in [-0.2, -0.15) is 0 Å². The van der Waals surface area contributed by atoms with E-state index in [4.69, 9.17) is 4.74 Å². The van der Waals surface area contributed by atoms with Crippen molar-refractivity contribution in [1.29, 1.82) is 0 Å². The molecule has 1 unspecified atom stereocenters. The maximum Gasteiger partial charge on any atom is 0.268 e. The van der Waals surface area contributed by atoms with Gasteiger partial charge in [-0.25, -0.2) is 8.42 Å². The summed E-state index contributed by atoms with van der Waals surface area (Å²) in [7, 11) is -2.93. The van der Waals surface area contributed by atoms with E-state index in [1.807, 2.05) is 12.1 Å². The molecule has 1 aliphatic rings. The average molecular weight is 559 g/mol. The van der Waals surface area contributed by atoms with E-state index in [1.54, 1.807) is 42.7 Å². The van der Waals surface area contributed by atoms with Gasteiger partial charge in [-0.05, 0) is 54.4 Å². The number of halogens is 1. The number of nitrogens with zero attached hydrogens (tertiary/aromatic N) is 2. The second-order valence-corrected chi connectivity index (χ2v) is 10.5. The third-order valence-electron chi connectivity index (χ3n) is 5.51. The van der Waals surface area contributed by atoms with E-state index < -0.39 is 27.9 Å². The Morgan fingerprint density at radius 1 is 1.17 bits per heavy atom. The number of hydrogen-bond acceptors (Lipinski definition) is 6. The number of rotatable bonds is 8. The molecule has 0 radical (unpaired) electrons. The zero-order chi connectivity index (χ0) is 25.0. The Labute approximate surface area is 211 Å². The number of para-hydroxylation sites is 2. The molecule has 35 heavy (non-hydrogen) atoms. The lowest BCUT2D eigenvalue weighted by molar-refractivity contribution is -0.125. The van der Waals surface area contributed by atoms with Gasteiger partial charge >= 0.3 is 0 Å². The largest absolute Gasteiger partial charge is 0.495 e. The fourth-order valence-corrected chi connectivity index (χ4v) is 6.17. The summed E-state index contributed by atoms with van der Waals surface area (Å²) in [4.78, 5) is 29.7. The van der Waals surface area contributed by atoms with Gasteiger partial charge in [0.2, 0.25) is 11.8 Å². The molecule has 0 fully saturated rings. The summed E-state index contributed by atoms with van der Waals surface area (Å²) in [6.45, 7) is 0.333.